The van der Waals surface area contributed by atoms with Crippen molar-refractivity contribution in [3.63, 3.8) is 0 Å². The van der Waals surface area contributed by atoms with E-state index >= 15 is 0 Å². The summed E-state index contributed by atoms with van der Waals surface area (Å²) >= 11 is 1.63. The molecule has 0 unspecified atom stereocenters. The second-order valence-corrected chi connectivity index (χ2v) is 5.48. The van der Waals surface area contributed by atoms with Crippen LogP contribution in [0, 0.1) is 12.7 Å². The number of rotatable bonds is 5. The molecule has 0 radical (unpaired) electrons. The van der Waals surface area contributed by atoms with Crippen LogP contribution in [0.5, 0.6) is 0 Å². The minimum atomic E-state index is -0.228. The fraction of sp³-hybridized carbons (Fsp3) is 0.333. The molecule has 0 aliphatic carbocycles. The highest BCUT2D eigenvalue weighted by Crippen LogP contribution is 2.11. The third-order valence-electron chi connectivity index (χ3n) is 2.94. The molecule has 0 bridgehead atoms. The van der Waals surface area contributed by atoms with Gasteiger partial charge in [-0.05, 0) is 31.5 Å². The van der Waals surface area contributed by atoms with Gasteiger partial charge in [-0.2, -0.15) is 0 Å². The van der Waals surface area contributed by atoms with Crippen LogP contribution in [0.15, 0.2) is 34.8 Å². The molecule has 21 heavy (non-hydrogen) atoms. The first-order valence-electron chi connectivity index (χ1n) is 6.84. The zero-order chi connectivity index (χ0) is 15.1. The second-order valence-electron chi connectivity index (χ2n) is 4.54. The molecule has 0 fully saturated rings. The zero-order valence-corrected chi connectivity index (χ0v) is 13.0. The van der Waals surface area contributed by atoms with E-state index in [2.05, 4.69) is 20.6 Å². The van der Waals surface area contributed by atoms with Crippen LogP contribution in [0.4, 0.5) is 4.39 Å². The van der Waals surface area contributed by atoms with Gasteiger partial charge in [-0.15, -0.1) is 11.3 Å². The van der Waals surface area contributed by atoms with E-state index in [0.717, 1.165) is 23.8 Å². The van der Waals surface area contributed by atoms with Crippen molar-refractivity contribution >= 4 is 17.3 Å². The first-order valence-corrected chi connectivity index (χ1v) is 7.72. The number of hydrogen-bond acceptors (Lipinski definition) is 3. The molecular weight excluding hydrogens is 287 g/mol. The minimum Gasteiger partial charge on any atom is -0.357 e. The number of nitrogens with one attached hydrogen (secondary N) is 2. The number of nitrogens with zero attached hydrogens (tertiary/aromatic N) is 2. The summed E-state index contributed by atoms with van der Waals surface area (Å²) in [6.07, 6.45) is 0. The van der Waals surface area contributed by atoms with Crippen molar-refractivity contribution in [2.75, 3.05) is 6.54 Å². The van der Waals surface area contributed by atoms with Gasteiger partial charge in [-0.3, -0.25) is 0 Å². The second kappa shape index (κ2) is 7.73. The molecule has 0 aliphatic rings. The van der Waals surface area contributed by atoms with E-state index in [9.17, 15) is 4.39 Å². The lowest BCUT2D eigenvalue weighted by Crippen LogP contribution is -2.36. The van der Waals surface area contributed by atoms with Crippen molar-refractivity contribution in [1.82, 2.24) is 15.6 Å². The molecule has 0 saturated carbocycles. The van der Waals surface area contributed by atoms with E-state index < -0.39 is 0 Å². The normalized spacial score (nSPS) is 11.5. The number of hydrogen-bond donors (Lipinski definition) is 2. The molecule has 2 aromatic rings. The Bertz CT molecular complexity index is 592. The number of guanidine groups is 1. The topological polar surface area (TPSA) is 49.3 Å². The number of aryl methyl sites for hydroxylation is 1. The average Bonchev–Trinajstić information content (AvgIpc) is 2.89. The van der Waals surface area contributed by atoms with Crippen LogP contribution >= 0.6 is 11.3 Å². The number of aliphatic imine (C=N–C) groups is 1. The Labute approximate surface area is 128 Å². The largest absolute Gasteiger partial charge is 0.357 e. The lowest BCUT2D eigenvalue weighted by atomic mass is 10.2. The summed E-state index contributed by atoms with van der Waals surface area (Å²) in [4.78, 5) is 9.92. The Balaban J connectivity index is 1.95. The first kappa shape index (κ1) is 15.4. The van der Waals surface area contributed by atoms with Gasteiger partial charge < -0.3 is 10.6 Å². The van der Waals surface area contributed by atoms with Crippen LogP contribution in [0.1, 0.15) is 23.1 Å². The summed E-state index contributed by atoms with van der Waals surface area (Å²) < 4.78 is 12.9. The van der Waals surface area contributed by atoms with Gasteiger partial charge in [0, 0.05) is 11.4 Å². The molecule has 112 valence electrons. The average molecular weight is 306 g/mol. The summed E-state index contributed by atoms with van der Waals surface area (Å²) in [6.45, 7) is 6.02. The van der Waals surface area contributed by atoms with Gasteiger partial charge in [-0.1, -0.05) is 12.1 Å². The molecule has 0 atom stereocenters. The third kappa shape index (κ3) is 4.82. The monoisotopic (exact) mass is 306 g/mol. The highest BCUT2D eigenvalue weighted by atomic mass is 32.1. The molecule has 6 heteroatoms. The molecule has 1 heterocycles. The molecular formula is C15H19FN4S. The molecule has 0 spiro atoms. The lowest BCUT2D eigenvalue weighted by Gasteiger charge is -2.10. The fourth-order valence-corrected chi connectivity index (χ4v) is 2.48. The Hall–Kier alpha value is -1.95. The van der Waals surface area contributed by atoms with Crippen LogP contribution in [0.3, 0.4) is 0 Å². The van der Waals surface area contributed by atoms with Crippen molar-refractivity contribution in [3.8, 4) is 0 Å². The standard InChI is InChI=1S/C15H19FN4S/c1-3-17-15(19-9-14-11(2)20-10-21-14)18-8-12-4-6-13(16)7-5-12/h4-7,10H,3,8-9H2,1-2H3,(H2,17,18,19). The molecule has 2 N–H and O–H groups in total. The predicted octanol–water partition coefficient (Wildman–Crippen LogP) is 2.85. The Morgan fingerprint density at radius 1 is 1.29 bits per heavy atom. The van der Waals surface area contributed by atoms with Crippen LogP contribution in [-0.4, -0.2) is 17.5 Å². The first-order chi connectivity index (χ1) is 10.2. The van der Waals surface area contributed by atoms with Crippen molar-refractivity contribution in [2.45, 2.75) is 26.9 Å². The number of thiazole rings is 1. The van der Waals surface area contributed by atoms with Crippen molar-refractivity contribution in [2.24, 2.45) is 4.99 Å². The Morgan fingerprint density at radius 3 is 2.67 bits per heavy atom. The van der Waals surface area contributed by atoms with Crippen molar-refractivity contribution in [1.29, 1.82) is 0 Å². The summed E-state index contributed by atoms with van der Waals surface area (Å²) in [5.41, 5.74) is 3.86. The maximum atomic E-state index is 12.9. The molecule has 0 saturated heterocycles. The minimum absolute atomic E-state index is 0.228. The molecule has 0 amide bonds. The maximum absolute atomic E-state index is 12.9. The van der Waals surface area contributed by atoms with Crippen molar-refractivity contribution < 1.29 is 4.39 Å². The van der Waals surface area contributed by atoms with Crippen LogP contribution < -0.4 is 10.6 Å². The van der Waals surface area contributed by atoms with E-state index in [-0.39, 0.29) is 5.82 Å². The maximum Gasteiger partial charge on any atom is 0.191 e. The van der Waals surface area contributed by atoms with Gasteiger partial charge in [0.05, 0.1) is 24.3 Å². The summed E-state index contributed by atoms with van der Waals surface area (Å²) in [5, 5.41) is 6.48. The van der Waals surface area contributed by atoms with Crippen LogP contribution in [0.2, 0.25) is 0 Å². The van der Waals surface area contributed by atoms with Gasteiger partial charge in [0.25, 0.3) is 0 Å². The molecule has 1 aromatic heterocycles. The molecule has 1 aromatic carbocycles. The quantitative estimate of drug-likeness (QED) is 0.660. The number of halogens is 1. The van der Waals surface area contributed by atoms with Gasteiger partial charge in [-0.25, -0.2) is 14.4 Å². The highest BCUT2D eigenvalue weighted by molar-refractivity contribution is 7.09. The predicted molar refractivity (Wildman–Crippen MR) is 84.9 cm³/mol. The smallest absolute Gasteiger partial charge is 0.191 e. The number of aromatic nitrogens is 1. The van der Waals surface area contributed by atoms with Crippen LogP contribution in [0.25, 0.3) is 0 Å². The number of benzene rings is 1. The van der Waals surface area contributed by atoms with Gasteiger partial charge in [0.15, 0.2) is 5.96 Å². The summed E-state index contributed by atoms with van der Waals surface area (Å²) in [5.74, 6) is 0.517. The van der Waals surface area contributed by atoms with E-state index in [1.165, 1.54) is 17.0 Å². The van der Waals surface area contributed by atoms with Gasteiger partial charge in [0.2, 0.25) is 0 Å². The van der Waals surface area contributed by atoms with E-state index in [4.69, 9.17) is 0 Å². The fourth-order valence-electron chi connectivity index (χ4n) is 1.76. The SMILES string of the molecule is CCNC(=NCc1ccc(F)cc1)NCc1scnc1C. The van der Waals surface area contributed by atoms with Crippen molar-refractivity contribution in [3.05, 3.63) is 51.7 Å². The van der Waals surface area contributed by atoms with E-state index in [1.54, 1.807) is 23.5 Å². The summed E-state index contributed by atoms with van der Waals surface area (Å²) in [7, 11) is 0. The molecule has 2 rings (SSSR count). The Morgan fingerprint density at radius 2 is 2.05 bits per heavy atom. The zero-order valence-electron chi connectivity index (χ0n) is 12.2. The lowest BCUT2D eigenvalue weighted by molar-refractivity contribution is 0.627. The third-order valence-corrected chi connectivity index (χ3v) is 3.87. The van der Waals surface area contributed by atoms with Crippen LogP contribution in [-0.2, 0) is 13.1 Å². The molecule has 0 aliphatic heterocycles. The molecule has 4 nitrogen and oxygen atoms in total. The van der Waals surface area contributed by atoms with E-state index in [1.807, 2.05) is 19.4 Å². The van der Waals surface area contributed by atoms with Gasteiger partial charge >= 0.3 is 0 Å². The summed E-state index contributed by atoms with van der Waals surface area (Å²) in [6, 6.07) is 6.39. The Kier molecular flexibility index (Phi) is 5.68. The van der Waals surface area contributed by atoms with E-state index in [0.29, 0.717) is 13.1 Å². The van der Waals surface area contributed by atoms with Gasteiger partial charge in [0.1, 0.15) is 5.82 Å². The highest BCUT2D eigenvalue weighted by Gasteiger charge is 2.03.